The molecule has 3 rings (SSSR count). The van der Waals surface area contributed by atoms with Crippen molar-refractivity contribution in [3.8, 4) is 11.5 Å². The molecule has 0 aromatic heterocycles. The highest BCUT2D eigenvalue weighted by Gasteiger charge is 2.18. The maximum Gasteiger partial charge on any atom is 0.127 e. The van der Waals surface area contributed by atoms with Crippen molar-refractivity contribution in [3.05, 3.63) is 53.6 Å². The van der Waals surface area contributed by atoms with Crippen LogP contribution in [0.2, 0.25) is 0 Å². The number of aromatic hydroxyl groups is 1. The Morgan fingerprint density at radius 3 is 2.79 bits per heavy atom. The summed E-state index contributed by atoms with van der Waals surface area (Å²) in [7, 11) is 0. The molecule has 0 saturated carbocycles. The second kappa shape index (κ2) is 4.35. The fraction of sp³-hybridized carbons (Fsp3) is 0.125. The SMILES string of the molecule is CC1=C(c2cccc(N)c2)COc2ccc(O)cc21. The number of fused-ring (bicyclic) bond motifs is 1. The Hall–Kier alpha value is -2.42. The standard InChI is InChI=1S/C16H15NO2/c1-10-14-8-13(18)5-6-16(14)19-9-15(10)11-3-2-4-12(17)7-11/h2-8,18H,9,17H2,1H3. The average Bonchev–Trinajstić information content (AvgIpc) is 2.40. The number of anilines is 1. The fourth-order valence-corrected chi connectivity index (χ4v) is 2.38. The van der Waals surface area contributed by atoms with E-state index in [0.29, 0.717) is 6.61 Å². The molecule has 3 heteroatoms. The van der Waals surface area contributed by atoms with E-state index in [0.717, 1.165) is 33.7 Å². The lowest BCUT2D eigenvalue weighted by Crippen LogP contribution is -2.09. The van der Waals surface area contributed by atoms with E-state index in [1.54, 1.807) is 18.2 Å². The molecule has 19 heavy (non-hydrogen) atoms. The van der Waals surface area contributed by atoms with E-state index in [2.05, 4.69) is 0 Å². The van der Waals surface area contributed by atoms with E-state index >= 15 is 0 Å². The van der Waals surface area contributed by atoms with Crippen LogP contribution in [0, 0.1) is 0 Å². The Bertz CT molecular complexity index is 674. The summed E-state index contributed by atoms with van der Waals surface area (Å²) in [5, 5.41) is 9.61. The number of benzene rings is 2. The number of ether oxygens (including phenoxy) is 1. The van der Waals surface area contributed by atoms with Gasteiger partial charge in [-0.15, -0.1) is 0 Å². The van der Waals surface area contributed by atoms with E-state index < -0.39 is 0 Å². The van der Waals surface area contributed by atoms with Gasteiger partial charge < -0.3 is 15.6 Å². The predicted octanol–water partition coefficient (Wildman–Crippen LogP) is 3.30. The summed E-state index contributed by atoms with van der Waals surface area (Å²) < 4.78 is 5.75. The number of phenolic OH excluding ortho intramolecular Hbond substituents is 1. The van der Waals surface area contributed by atoms with Crippen molar-refractivity contribution < 1.29 is 9.84 Å². The van der Waals surface area contributed by atoms with E-state index in [1.165, 1.54) is 0 Å². The van der Waals surface area contributed by atoms with Crippen molar-refractivity contribution in [2.75, 3.05) is 12.3 Å². The predicted molar refractivity (Wildman–Crippen MR) is 76.9 cm³/mol. The summed E-state index contributed by atoms with van der Waals surface area (Å²) in [5.74, 6) is 1.05. The highest BCUT2D eigenvalue weighted by molar-refractivity contribution is 5.94. The fourth-order valence-electron chi connectivity index (χ4n) is 2.38. The van der Waals surface area contributed by atoms with E-state index in [-0.39, 0.29) is 5.75 Å². The van der Waals surface area contributed by atoms with Crippen LogP contribution >= 0.6 is 0 Å². The molecule has 0 spiro atoms. The first-order valence-electron chi connectivity index (χ1n) is 6.17. The minimum atomic E-state index is 0.246. The third kappa shape index (κ3) is 2.03. The third-order valence-electron chi connectivity index (χ3n) is 3.43. The van der Waals surface area contributed by atoms with E-state index in [4.69, 9.17) is 10.5 Å². The number of nitrogens with two attached hydrogens (primary N) is 1. The van der Waals surface area contributed by atoms with Gasteiger partial charge in [-0.2, -0.15) is 0 Å². The molecule has 3 N–H and O–H groups in total. The van der Waals surface area contributed by atoms with Crippen LogP contribution in [0.15, 0.2) is 42.5 Å². The van der Waals surface area contributed by atoms with Gasteiger partial charge in [0.15, 0.2) is 0 Å². The smallest absolute Gasteiger partial charge is 0.127 e. The van der Waals surface area contributed by atoms with Crippen LogP contribution in [0.5, 0.6) is 11.5 Å². The Morgan fingerprint density at radius 1 is 1.16 bits per heavy atom. The molecule has 0 saturated heterocycles. The maximum atomic E-state index is 9.61. The molecule has 1 aliphatic rings. The summed E-state index contributed by atoms with van der Waals surface area (Å²) in [6, 6.07) is 12.9. The van der Waals surface area contributed by atoms with Crippen molar-refractivity contribution in [3.63, 3.8) is 0 Å². The van der Waals surface area contributed by atoms with Gasteiger partial charge in [-0.25, -0.2) is 0 Å². The molecule has 0 atom stereocenters. The number of rotatable bonds is 1. The van der Waals surface area contributed by atoms with Crippen molar-refractivity contribution >= 4 is 16.8 Å². The van der Waals surface area contributed by atoms with Crippen molar-refractivity contribution in [2.45, 2.75) is 6.92 Å². The summed E-state index contributed by atoms with van der Waals surface area (Å²) in [6.45, 7) is 2.56. The van der Waals surface area contributed by atoms with Crippen molar-refractivity contribution in [1.29, 1.82) is 0 Å². The maximum absolute atomic E-state index is 9.61. The van der Waals surface area contributed by atoms with Crippen LogP contribution < -0.4 is 10.5 Å². The van der Waals surface area contributed by atoms with Gasteiger partial charge in [0.25, 0.3) is 0 Å². The first-order chi connectivity index (χ1) is 9.15. The van der Waals surface area contributed by atoms with Crippen LogP contribution in [0.1, 0.15) is 18.1 Å². The minimum absolute atomic E-state index is 0.246. The Labute approximate surface area is 112 Å². The first kappa shape index (κ1) is 11.7. The third-order valence-corrected chi connectivity index (χ3v) is 3.43. The number of nitrogen functional groups attached to an aromatic ring is 1. The normalized spacial score (nSPS) is 13.9. The zero-order valence-corrected chi connectivity index (χ0v) is 10.7. The minimum Gasteiger partial charge on any atom is -0.508 e. The molecule has 0 amide bonds. The van der Waals surface area contributed by atoms with Crippen LogP contribution in [-0.4, -0.2) is 11.7 Å². The quantitative estimate of drug-likeness (QED) is 0.767. The van der Waals surface area contributed by atoms with Crippen LogP contribution in [0.25, 0.3) is 11.1 Å². The summed E-state index contributed by atoms with van der Waals surface area (Å²) in [4.78, 5) is 0. The number of hydrogen-bond acceptors (Lipinski definition) is 3. The zero-order chi connectivity index (χ0) is 13.4. The Kier molecular flexibility index (Phi) is 2.67. The largest absolute Gasteiger partial charge is 0.508 e. The average molecular weight is 253 g/mol. The van der Waals surface area contributed by atoms with Gasteiger partial charge in [-0.05, 0) is 48.4 Å². The van der Waals surface area contributed by atoms with Crippen LogP contribution in [0.4, 0.5) is 5.69 Å². The second-order valence-corrected chi connectivity index (χ2v) is 4.70. The molecule has 1 heterocycles. The molecule has 0 fully saturated rings. The summed E-state index contributed by atoms with van der Waals surface area (Å²) in [5.41, 5.74) is 10.8. The van der Waals surface area contributed by atoms with Crippen LogP contribution in [0.3, 0.4) is 0 Å². The molecular formula is C16H15NO2. The molecule has 0 aliphatic carbocycles. The monoisotopic (exact) mass is 253 g/mol. The van der Waals surface area contributed by atoms with Gasteiger partial charge in [0, 0.05) is 16.8 Å². The van der Waals surface area contributed by atoms with Gasteiger partial charge in [-0.1, -0.05) is 12.1 Å². The molecule has 0 radical (unpaired) electrons. The topological polar surface area (TPSA) is 55.5 Å². The van der Waals surface area contributed by atoms with E-state index in [1.807, 2.05) is 31.2 Å². The molecule has 1 aliphatic heterocycles. The lowest BCUT2D eigenvalue weighted by molar-refractivity contribution is 0.363. The highest BCUT2D eigenvalue weighted by atomic mass is 16.5. The van der Waals surface area contributed by atoms with E-state index in [9.17, 15) is 5.11 Å². The van der Waals surface area contributed by atoms with Gasteiger partial charge in [0.05, 0.1) is 0 Å². The number of allylic oxidation sites excluding steroid dienone is 1. The van der Waals surface area contributed by atoms with Gasteiger partial charge in [0.2, 0.25) is 0 Å². The molecule has 0 bridgehead atoms. The second-order valence-electron chi connectivity index (χ2n) is 4.70. The zero-order valence-electron chi connectivity index (χ0n) is 10.7. The molecule has 2 aromatic carbocycles. The van der Waals surface area contributed by atoms with Gasteiger partial charge in [-0.3, -0.25) is 0 Å². The molecule has 2 aromatic rings. The van der Waals surface area contributed by atoms with Gasteiger partial charge >= 0.3 is 0 Å². The van der Waals surface area contributed by atoms with Crippen LogP contribution in [-0.2, 0) is 0 Å². The molecule has 3 nitrogen and oxygen atoms in total. The first-order valence-corrected chi connectivity index (χ1v) is 6.17. The number of phenols is 1. The van der Waals surface area contributed by atoms with Gasteiger partial charge in [0.1, 0.15) is 18.1 Å². The molecular weight excluding hydrogens is 238 g/mol. The summed E-state index contributed by atoms with van der Waals surface area (Å²) in [6.07, 6.45) is 0. The van der Waals surface area contributed by atoms with Crippen molar-refractivity contribution in [2.24, 2.45) is 0 Å². The lowest BCUT2D eigenvalue weighted by atomic mass is 9.93. The summed E-state index contributed by atoms with van der Waals surface area (Å²) >= 11 is 0. The molecule has 0 unspecified atom stereocenters. The molecule has 96 valence electrons. The number of hydrogen-bond donors (Lipinski definition) is 2. The van der Waals surface area contributed by atoms with Crippen molar-refractivity contribution in [1.82, 2.24) is 0 Å². The highest BCUT2D eigenvalue weighted by Crippen LogP contribution is 2.38. The lowest BCUT2D eigenvalue weighted by Gasteiger charge is -2.22. The Morgan fingerprint density at radius 2 is 2.00 bits per heavy atom. The Balaban J connectivity index is 2.15.